The molecule has 1 aromatic carbocycles. The Kier molecular flexibility index (Phi) is 3.06. The van der Waals surface area contributed by atoms with E-state index in [2.05, 4.69) is 27.6 Å². The molecule has 1 atom stereocenters. The summed E-state index contributed by atoms with van der Waals surface area (Å²) in [5, 5.41) is 11.0. The highest BCUT2D eigenvalue weighted by Crippen LogP contribution is 2.32. The summed E-state index contributed by atoms with van der Waals surface area (Å²) in [5.41, 5.74) is 4.07. The van der Waals surface area contributed by atoms with E-state index in [1.165, 1.54) is 16.9 Å². The molecule has 1 aromatic heterocycles. The Bertz CT molecular complexity index is 553. The SMILES string of the molecule is O=C(Nc1nncs1)[C@H]1CCCc2ccccc21. The molecule has 5 heteroatoms. The number of fused-ring (bicyclic) bond motifs is 1. The maximum atomic E-state index is 12.3. The number of rotatable bonds is 2. The molecule has 1 amide bonds. The average molecular weight is 259 g/mol. The number of anilines is 1. The van der Waals surface area contributed by atoms with Crippen LogP contribution in [0.15, 0.2) is 29.8 Å². The van der Waals surface area contributed by atoms with Gasteiger partial charge in [-0.15, -0.1) is 10.2 Å². The number of aryl methyl sites for hydroxylation is 1. The van der Waals surface area contributed by atoms with Gasteiger partial charge in [0.05, 0.1) is 5.92 Å². The Labute approximate surface area is 109 Å². The molecule has 0 unspecified atom stereocenters. The Morgan fingerprint density at radius 1 is 1.39 bits per heavy atom. The van der Waals surface area contributed by atoms with Crippen LogP contribution in [0.25, 0.3) is 0 Å². The Morgan fingerprint density at radius 3 is 3.11 bits per heavy atom. The van der Waals surface area contributed by atoms with Gasteiger partial charge in [-0.25, -0.2) is 0 Å². The van der Waals surface area contributed by atoms with Crippen LogP contribution in [0.1, 0.15) is 29.9 Å². The van der Waals surface area contributed by atoms with Gasteiger partial charge in [-0.3, -0.25) is 10.1 Å². The van der Waals surface area contributed by atoms with E-state index in [0.717, 1.165) is 24.8 Å². The van der Waals surface area contributed by atoms with E-state index < -0.39 is 0 Å². The van der Waals surface area contributed by atoms with Crippen molar-refractivity contribution in [3.05, 3.63) is 40.9 Å². The third kappa shape index (κ3) is 2.13. The van der Waals surface area contributed by atoms with Gasteiger partial charge in [-0.1, -0.05) is 35.6 Å². The molecule has 0 bridgehead atoms. The minimum atomic E-state index is -0.0566. The first-order valence-corrected chi connectivity index (χ1v) is 6.87. The highest BCUT2D eigenvalue weighted by molar-refractivity contribution is 7.13. The van der Waals surface area contributed by atoms with Crippen molar-refractivity contribution in [2.75, 3.05) is 5.32 Å². The number of carbonyl (C=O) groups excluding carboxylic acids is 1. The Hall–Kier alpha value is -1.75. The normalized spacial score (nSPS) is 18.1. The van der Waals surface area contributed by atoms with Gasteiger partial charge in [-0.05, 0) is 30.4 Å². The summed E-state index contributed by atoms with van der Waals surface area (Å²) in [7, 11) is 0. The zero-order chi connectivity index (χ0) is 12.4. The minimum Gasteiger partial charge on any atom is -0.300 e. The highest BCUT2D eigenvalue weighted by atomic mass is 32.1. The molecule has 0 fully saturated rings. The van der Waals surface area contributed by atoms with Crippen molar-refractivity contribution in [1.82, 2.24) is 10.2 Å². The van der Waals surface area contributed by atoms with Crippen LogP contribution in [0.4, 0.5) is 5.13 Å². The number of hydrogen-bond donors (Lipinski definition) is 1. The summed E-state index contributed by atoms with van der Waals surface area (Å²) >= 11 is 1.34. The van der Waals surface area contributed by atoms with E-state index in [1.807, 2.05) is 12.1 Å². The lowest BCUT2D eigenvalue weighted by molar-refractivity contribution is -0.117. The van der Waals surface area contributed by atoms with Crippen molar-refractivity contribution in [3.63, 3.8) is 0 Å². The smallest absolute Gasteiger partial charge is 0.233 e. The summed E-state index contributed by atoms with van der Waals surface area (Å²) in [5.74, 6) is -0.0299. The lowest BCUT2D eigenvalue weighted by Gasteiger charge is -2.24. The minimum absolute atomic E-state index is 0.0268. The third-order valence-electron chi connectivity index (χ3n) is 3.28. The van der Waals surface area contributed by atoms with Gasteiger partial charge in [0.1, 0.15) is 5.51 Å². The van der Waals surface area contributed by atoms with Crippen LogP contribution in [-0.4, -0.2) is 16.1 Å². The molecule has 92 valence electrons. The number of benzene rings is 1. The van der Waals surface area contributed by atoms with Crippen LogP contribution in [0.2, 0.25) is 0 Å². The molecule has 1 N–H and O–H groups in total. The predicted octanol–water partition coefficient (Wildman–Crippen LogP) is 2.60. The van der Waals surface area contributed by atoms with Crippen molar-refractivity contribution in [3.8, 4) is 0 Å². The molecule has 18 heavy (non-hydrogen) atoms. The van der Waals surface area contributed by atoms with Crippen molar-refractivity contribution in [2.45, 2.75) is 25.2 Å². The van der Waals surface area contributed by atoms with Gasteiger partial charge in [0.15, 0.2) is 0 Å². The van der Waals surface area contributed by atoms with Crippen molar-refractivity contribution >= 4 is 22.4 Å². The van der Waals surface area contributed by atoms with E-state index >= 15 is 0 Å². The lowest BCUT2D eigenvalue weighted by atomic mass is 9.82. The molecule has 1 heterocycles. The standard InChI is InChI=1S/C13H13N3OS/c17-12(15-13-16-14-8-18-13)11-7-3-5-9-4-1-2-6-10(9)11/h1-2,4,6,8,11H,3,5,7H2,(H,15,16,17)/t11-/m0/s1. The quantitative estimate of drug-likeness (QED) is 0.902. The zero-order valence-corrected chi connectivity index (χ0v) is 10.6. The molecule has 4 nitrogen and oxygen atoms in total. The number of hydrogen-bond acceptors (Lipinski definition) is 4. The number of carbonyl (C=O) groups is 1. The van der Waals surface area contributed by atoms with Crippen LogP contribution < -0.4 is 5.32 Å². The second-order valence-corrected chi connectivity index (χ2v) is 5.21. The predicted molar refractivity (Wildman–Crippen MR) is 70.7 cm³/mol. The lowest BCUT2D eigenvalue weighted by Crippen LogP contribution is -2.24. The molecular weight excluding hydrogens is 246 g/mol. The summed E-state index contributed by atoms with van der Waals surface area (Å²) in [6.07, 6.45) is 3.03. The van der Waals surface area contributed by atoms with Crippen molar-refractivity contribution < 1.29 is 4.79 Å². The first-order chi connectivity index (χ1) is 8.84. The topological polar surface area (TPSA) is 54.9 Å². The average Bonchev–Trinajstić information content (AvgIpc) is 2.91. The van der Waals surface area contributed by atoms with Gasteiger partial charge < -0.3 is 0 Å². The summed E-state index contributed by atoms with van der Waals surface area (Å²) in [6, 6.07) is 8.19. The first kappa shape index (κ1) is 11.3. The molecule has 0 radical (unpaired) electrons. The monoisotopic (exact) mass is 259 g/mol. The van der Waals surface area contributed by atoms with E-state index in [9.17, 15) is 4.79 Å². The van der Waals surface area contributed by atoms with E-state index in [-0.39, 0.29) is 11.8 Å². The second kappa shape index (κ2) is 4.86. The summed E-state index contributed by atoms with van der Waals surface area (Å²) < 4.78 is 0. The fourth-order valence-electron chi connectivity index (χ4n) is 2.45. The van der Waals surface area contributed by atoms with Crippen molar-refractivity contribution in [1.29, 1.82) is 0 Å². The fourth-order valence-corrected chi connectivity index (χ4v) is 2.89. The molecule has 0 saturated heterocycles. The largest absolute Gasteiger partial charge is 0.300 e. The first-order valence-electron chi connectivity index (χ1n) is 5.99. The molecule has 1 aliphatic carbocycles. The number of aromatic nitrogens is 2. The third-order valence-corrected chi connectivity index (χ3v) is 3.88. The van der Waals surface area contributed by atoms with Gasteiger partial charge in [0.2, 0.25) is 11.0 Å². The summed E-state index contributed by atoms with van der Waals surface area (Å²) in [4.78, 5) is 12.3. The van der Waals surface area contributed by atoms with Gasteiger partial charge in [0.25, 0.3) is 0 Å². The van der Waals surface area contributed by atoms with Crippen LogP contribution in [-0.2, 0) is 11.2 Å². The zero-order valence-electron chi connectivity index (χ0n) is 9.80. The van der Waals surface area contributed by atoms with E-state index in [4.69, 9.17) is 0 Å². The molecule has 1 aliphatic rings. The summed E-state index contributed by atoms with van der Waals surface area (Å²) in [6.45, 7) is 0. The highest BCUT2D eigenvalue weighted by Gasteiger charge is 2.26. The number of nitrogens with one attached hydrogen (secondary N) is 1. The molecule has 0 spiro atoms. The number of nitrogens with zero attached hydrogens (tertiary/aromatic N) is 2. The van der Waals surface area contributed by atoms with Crippen LogP contribution in [0, 0.1) is 0 Å². The molecular formula is C13H13N3OS. The van der Waals surface area contributed by atoms with Gasteiger partial charge in [-0.2, -0.15) is 0 Å². The molecule has 2 aromatic rings. The van der Waals surface area contributed by atoms with E-state index in [1.54, 1.807) is 5.51 Å². The fraction of sp³-hybridized carbons (Fsp3) is 0.308. The van der Waals surface area contributed by atoms with Crippen LogP contribution in [0.5, 0.6) is 0 Å². The Morgan fingerprint density at radius 2 is 2.28 bits per heavy atom. The molecule has 0 aliphatic heterocycles. The van der Waals surface area contributed by atoms with Gasteiger partial charge >= 0.3 is 0 Å². The van der Waals surface area contributed by atoms with Crippen LogP contribution in [0.3, 0.4) is 0 Å². The second-order valence-electron chi connectivity index (χ2n) is 4.38. The maximum Gasteiger partial charge on any atom is 0.233 e. The number of amides is 1. The van der Waals surface area contributed by atoms with E-state index in [0.29, 0.717) is 5.13 Å². The van der Waals surface area contributed by atoms with Crippen molar-refractivity contribution in [2.24, 2.45) is 0 Å². The molecule has 3 rings (SSSR count). The maximum absolute atomic E-state index is 12.3. The molecule has 0 saturated carbocycles. The van der Waals surface area contributed by atoms with Gasteiger partial charge in [0, 0.05) is 0 Å². The van der Waals surface area contributed by atoms with Crippen LogP contribution >= 0.6 is 11.3 Å². The Balaban J connectivity index is 1.83.